The molecule has 0 aliphatic heterocycles. The third-order valence-electron chi connectivity index (χ3n) is 1.42. The minimum atomic E-state index is -0.0723. The molecule has 0 spiro atoms. The summed E-state index contributed by atoms with van der Waals surface area (Å²) in [7, 11) is 0. The molecule has 2 N–H and O–H groups in total. The first-order valence-electron chi connectivity index (χ1n) is 4.02. The molecule has 0 saturated carbocycles. The van der Waals surface area contributed by atoms with E-state index in [1.165, 1.54) is 0 Å². The Morgan fingerprint density at radius 3 is 2.50 bits per heavy atom. The van der Waals surface area contributed by atoms with Crippen molar-refractivity contribution in [2.24, 2.45) is 5.41 Å². The van der Waals surface area contributed by atoms with Gasteiger partial charge in [-0.25, -0.2) is 4.98 Å². The summed E-state index contributed by atoms with van der Waals surface area (Å²) >= 11 is 0. The first-order valence-corrected chi connectivity index (χ1v) is 4.02. The molecule has 4 heteroatoms. The van der Waals surface area contributed by atoms with E-state index >= 15 is 0 Å². The molecule has 0 bridgehead atoms. The summed E-state index contributed by atoms with van der Waals surface area (Å²) in [5.41, 5.74) is 0.189. The van der Waals surface area contributed by atoms with Gasteiger partial charge < -0.3 is 5.11 Å². The smallest absolute Gasteiger partial charge is 0.151 e. The zero-order valence-electron chi connectivity index (χ0n) is 7.76. The second kappa shape index (κ2) is 3.23. The van der Waals surface area contributed by atoms with Crippen molar-refractivity contribution in [1.82, 2.24) is 15.2 Å². The molecule has 0 aliphatic rings. The molecule has 0 aromatic carbocycles. The largest absolute Gasteiger partial charge is 0.388 e. The summed E-state index contributed by atoms with van der Waals surface area (Å²) < 4.78 is 0. The highest BCUT2D eigenvalue weighted by atomic mass is 16.3. The Morgan fingerprint density at radius 2 is 2.08 bits per heavy atom. The zero-order chi connectivity index (χ0) is 9.19. The highest BCUT2D eigenvalue weighted by Gasteiger charge is 2.14. The van der Waals surface area contributed by atoms with Crippen molar-refractivity contribution < 1.29 is 5.11 Å². The third kappa shape index (κ3) is 2.62. The Bertz CT molecular complexity index is 249. The normalized spacial score (nSPS) is 12.0. The topological polar surface area (TPSA) is 61.8 Å². The molecule has 0 atom stereocenters. The van der Waals surface area contributed by atoms with Gasteiger partial charge >= 0.3 is 0 Å². The van der Waals surface area contributed by atoms with E-state index in [4.69, 9.17) is 5.11 Å². The molecule has 0 unspecified atom stereocenters. The van der Waals surface area contributed by atoms with Crippen molar-refractivity contribution in [1.29, 1.82) is 0 Å². The average Bonchev–Trinajstić information content (AvgIpc) is 2.32. The van der Waals surface area contributed by atoms with Crippen molar-refractivity contribution in [3.63, 3.8) is 0 Å². The van der Waals surface area contributed by atoms with Crippen LogP contribution < -0.4 is 0 Å². The molecule has 68 valence electrons. The lowest BCUT2D eigenvalue weighted by molar-refractivity contribution is 0.271. The van der Waals surface area contributed by atoms with Gasteiger partial charge in [0.1, 0.15) is 12.4 Å². The maximum atomic E-state index is 8.72. The van der Waals surface area contributed by atoms with Gasteiger partial charge in [-0.3, -0.25) is 5.10 Å². The van der Waals surface area contributed by atoms with Crippen LogP contribution in [0.1, 0.15) is 32.4 Å². The van der Waals surface area contributed by atoms with Gasteiger partial charge in [-0.2, -0.15) is 5.10 Å². The van der Waals surface area contributed by atoms with Crippen LogP contribution in [-0.2, 0) is 13.0 Å². The van der Waals surface area contributed by atoms with E-state index in [1.54, 1.807) is 0 Å². The molecule has 1 rings (SSSR count). The van der Waals surface area contributed by atoms with Crippen LogP contribution in [0, 0.1) is 5.41 Å². The van der Waals surface area contributed by atoms with E-state index in [1.807, 2.05) is 0 Å². The summed E-state index contributed by atoms with van der Waals surface area (Å²) in [4.78, 5) is 4.10. The van der Waals surface area contributed by atoms with Gasteiger partial charge in [-0.1, -0.05) is 20.8 Å². The van der Waals surface area contributed by atoms with E-state index in [2.05, 4.69) is 36.0 Å². The molecule has 0 saturated heterocycles. The monoisotopic (exact) mass is 169 g/mol. The lowest BCUT2D eigenvalue weighted by Crippen LogP contribution is -2.10. The summed E-state index contributed by atoms with van der Waals surface area (Å²) in [5.74, 6) is 1.31. The van der Waals surface area contributed by atoms with E-state index < -0.39 is 0 Å². The van der Waals surface area contributed by atoms with E-state index in [0.717, 1.165) is 12.2 Å². The standard InChI is InChI=1S/C8H15N3O/c1-8(2,3)4-6-9-7(5-12)11-10-6/h12H,4-5H2,1-3H3,(H,9,10,11). The van der Waals surface area contributed by atoms with Crippen LogP contribution in [0.2, 0.25) is 0 Å². The van der Waals surface area contributed by atoms with Crippen molar-refractivity contribution in [2.75, 3.05) is 0 Å². The van der Waals surface area contributed by atoms with Crippen molar-refractivity contribution >= 4 is 0 Å². The first kappa shape index (κ1) is 9.19. The van der Waals surface area contributed by atoms with Crippen LogP contribution >= 0.6 is 0 Å². The number of nitrogens with one attached hydrogen (secondary N) is 1. The fraction of sp³-hybridized carbons (Fsp3) is 0.750. The van der Waals surface area contributed by atoms with Gasteiger partial charge in [-0.15, -0.1) is 0 Å². The first-order chi connectivity index (χ1) is 5.51. The zero-order valence-corrected chi connectivity index (χ0v) is 7.76. The molecule has 12 heavy (non-hydrogen) atoms. The summed E-state index contributed by atoms with van der Waals surface area (Å²) in [6.45, 7) is 6.31. The Hall–Kier alpha value is -0.900. The molecule has 1 aromatic heterocycles. The number of rotatable bonds is 2. The third-order valence-corrected chi connectivity index (χ3v) is 1.42. The van der Waals surface area contributed by atoms with Crippen LogP contribution in [0.4, 0.5) is 0 Å². The summed E-state index contributed by atoms with van der Waals surface area (Å²) in [6.07, 6.45) is 0.823. The highest BCUT2D eigenvalue weighted by molar-refractivity contribution is 4.91. The number of aliphatic hydroxyl groups is 1. The van der Waals surface area contributed by atoms with Crippen molar-refractivity contribution in [2.45, 2.75) is 33.8 Å². The number of nitrogens with zero attached hydrogens (tertiary/aromatic N) is 2. The molecule has 4 nitrogen and oxygen atoms in total. The molecule has 0 aliphatic carbocycles. The summed E-state index contributed by atoms with van der Waals surface area (Å²) in [6, 6.07) is 0. The van der Waals surface area contributed by atoms with Crippen LogP contribution in [0.3, 0.4) is 0 Å². The Balaban J connectivity index is 2.64. The molecule has 0 radical (unpaired) electrons. The molecule has 0 fully saturated rings. The minimum absolute atomic E-state index is 0.0723. The van der Waals surface area contributed by atoms with E-state index in [-0.39, 0.29) is 12.0 Å². The second-order valence-corrected chi connectivity index (χ2v) is 4.09. The number of H-pyrrole nitrogens is 1. The van der Waals surface area contributed by atoms with Crippen LogP contribution in [0.15, 0.2) is 0 Å². The van der Waals surface area contributed by atoms with Crippen molar-refractivity contribution in [3.8, 4) is 0 Å². The molecular formula is C8H15N3O. The van der Waals surface area contributed by atoms with Gasteiger partial charge in [0, 0.05) is 6.42 Å². The fourth-order valence-corrected chi connectivity index (χ4v) is 0.959. The van der Waals surface area contributed by atoms with Crippen LogP contribution in [0.25, 0.3) is 0 Å². The summed E-state index contributed by atoms with van der Waals surface area (Å²) in [5, 5.41) is 15.4. The Morgan fingerprint density at radius 1 is 1.42 bits per heavy atom. The SMILES string of the molecule is CC(C)(C)Cc1n[nH]c(CO)n1. The molecule has 1 heterocycles. The van der Waals surface area contributed by atoms with Gasteiger partial charge in [0.15, 0.2) is 5.82 Å². The highest BCUT2D eigenvalue weighted by Crippen LogP contribution is 2.17. The Labute approximate surface area is 72.0 Å². The molecular weight excluding hydrogens is 154 g/mol. The fourth-order valence-electron chi connectivity index (χ4n) is 0.959. The van der Waals surface area contributed by atoms with Gasteiger partial charge in [0.25, 0.3) is 0 Å². The van der Waals surface area contributed by atoms with Gasteiger partial charge in [0.2, 0.25) is 0 Å². The number of aromatic nitrogens is 3. The van der Waals surface area contributed by atoms with Gasteiger partial charge in [0.05, 0.1) is 0 Å². The molecule has 0 amide bonds. The Kier molecular flexibility index (Phi) is 2.47. The van der Waals surface area contributed by atoms with Gasteiger partial charge in [-0.05, 0) is 5.41 Å². The lowest BCUT2D eigenvalue weighted by Gasteiger charge is -2.14. The number of hydrogen-bond acceptors (Lipinski definition) is 3. The van der Waals surface area contributed by atoms with Crippen molar-refractivity contribution in [3.05, 3.63) is 11.6 Å². The van der Waals surface area contributed by atoms with Crippen LogP contribution in [0.5, 0.6) is 0 Å². The average molecular weight is 169 g/mol. The lowest BCUT2D eigenvalue weighted by atomic mass is 9.92. The number of hydrogen-bond donors (Lipinski definition) is 2. The van der Waals surface area contributed by atoms with E-state index in [0.29, 0.717) is 5.82 Å². The predicted molar refractivity (Wildman–Crippen MR) is 45.5 cm³/mol. The quantitative estimate of drug-likeness (QED) is 0.691. The number of aliphatic hydroxyl groups excluding tert-OH is 1. The van der Waals surface area contributed by atoms with Crippen LogP contribution in [-0.4, -0.2) is 20.3 Å². The second-order valence-electron chi connectivity index (χ2n) is 4.09. The minimum Gasteiger partial charge on any atom is -0.388 e. The maximum absolute atomic E-state index is 8.72. The number of aromatic amines is 1. The van der Waals surface area contributed by atoms with E-state index in [9.17, 15) is 0 Å². The maximum Gasteiger partial charge on any atom is 0.151 e. The predicted octanol–water partition coefficient (Wildman–Crippen LogP) is 0.886. The molecule has 1 aromatic rings.